The molecule has 3 heteroatoms. The number of rotatable bonds is 1. The second kappa shape index (κ2) is 3.42. The third kappa shape index (κ3) is 1.67. The first kappa shape index (κ1) is 10.3. The molecule has 1 aromatic rings. The van der Waals surface area contributed by atoms with E-state index in [0.717, 1.165) is 17.1 Å². The number of hydrogen-bond donors (Lipinski definition) is 1. The highest BCUT2D eigenvalue weighted by molar-refractivity contribution is 5.47. The van der Waals surface area contributed by atoms with Crippen molar-refractivity contribution in [3.63, 3.8) is 0 Å². The normalized spacial score (nSPS) is 22.8. The summed E-state index contributed by atoms with van der Waals surface area (Å²) in [6.45, 7) is 3.78. The summed E-state index contributed by atoms with van der Waals surface area (Å²) >= 11 is 0. The third-order valence-corrected chi connectivity index (χ3v) is 2.88. The van der Waals surface area contributed by atoms with Crippen molar-refractivity contribution in [2.45, 2.75) is 32.0 Å². The van der Waals surface area contributed by atoms with Crippen molar-refractivity contribution < 1.29 is 14.6 Å². The number of ether oxygens (including phenoxy) is 2. The van der Waals surface area contributed by atoms with Crippen molar-refractivity contribution in [3.8, 4) is 11.5 Å². The Bertz CT molecular complexity index is 371. The molecule has 82 valence electrons. The molecule has 0 radical (unpaired) electrons. The largest absolute Gasteiger partial charge is 0.496 e. The lowest BCUT2D eigenvalue weighted by atomic mass is 9.91. The van der Waals surface area contributed by atoms with Crippen LogP contribution in [-0.2, 0) is 6.42 Å². The zero-order valence-electron chi connectivity index (χ0n) is 9.28. The fraction of sp³-hybridized carbons (Fsp3) is 0.500. The highest BCUT2D eigenvalue weighted by atomic mass is 16.5. The van der Waals surface area contributed by atoms with Gasteiger partial charge in [0.2, 0.25) is 0 Å². The van der Waals surface area contributed by atoms with Crippen molar-refractivity contribution in [2.24, 2.45) is 0 Å². The van der Waals surface area contributed by atoms with Crippen molar-refractivity contribution >= 4 is 0 Å². The summed E-state index contributed by atoms with van der Waals surface area (Å²) in [6.07, 6.45) is 0.0769. The second-order valence-electron chi connectivity index (χ2n) is 4.36. The van der Waals surface area contributed by atoms with Gasteiger partial charge in [0.05, 0.1) is 13.2 Å². The Morgan fingerprint density at radius 1 is 1.47 bits per heavy atom. The first-order chi connectivity index (χ1) is 7.04. The Hall–Kier alpha value is -1.22. The average Bonchev–Trinajstić information content (AvgIpc) is 2.18. The number of fused-ring (bicyclic) bond motifs is 1. The van der Waals surface area contributed by atoms with E-state index in [9.17, 15) is 5.11 Å². The molecule has 2 rings (SSSR count). The van der Waals surface area contributed by atoms with E-state index >= 15 is 0 Å². The van der Waals surface area contributed by atoms with Crippen LogP contribution in [0.2, 0.25) is 0 Å². The van der Waals surface area contributed by atoms with E-state index in [-0.39, 0.29) is 0 Å². The second-order valence-corrected chi connectivity index (χ2v) is 4.36. The van der Waals surface area contributed by atoms with Gasteiger partial charge in [-0.3, -0.25) is 0 Å². The molecule has 0 aromatic heterocycles. The van der Waals surface area contributed by atoms with Gasteiger partial charge in [0.15, 0.2) is 0 Å². The van der Waals surface area contributed by atoms with E-state index in [1.165, 1.54) is 0 Å². The Morgan fingerprint density at radius 3 is 2.87 bits per heavy atom. The van der Waals surface area contributed by atoms with Crippen LogP contribution in [0.1, 0.15) is 19.4 Å². The molecule has 0 aliphatic carbocycles. The molecule has 0 saturated carbocycles. The Labute approximate surface area is 89.6 Å². The van der Waals surface area contributed by atoms with Crippen LogP contribution in [0, 0.1) is 0 Å². The summed E-state index contributed by atoms with van der Waals surface area (Å²) in [5.41, 5.74) is 0.422. The molecule has 1 aliphatic rings. The summed E-state index contributed by atoms with van der Waals surface area (Å²) in [7, 11) is 1.63. The fourth-order valence-electron chi connectivity index (χ4n) is 1.82. The van der Waals surface area contributed by atoms with E-state index < -0.39 is 11.7 Å². The van der Waals surface area contributed by atoms with E-state index in [1.807, 2.05) is 32.0 Å². The lowest BCUT2D eigenvalue weighted by Crippen LogP contribution is -2.46. The van der Waals surface area contributed by atoms with Crippen LogP contribution in [0.15, 0.2) is 18.2 Å². The maximum atomic E-state index is 9.92. The summed E-state index contributed by atoms with van der Waals surface area (Å²) < 4.78 is 11.0. The first-order valence-electron chi connectivity index (χ1n) is 5.07. The molecule has 1 unspecified atom stereocenters. The van der Waals surface area contributed by atoms with Crippen LogP contribution >= 0.6 is 0 Å². The molecular weight excluding hydrogens is 192 g/mol. The summed E-state index contributed by atoms with van der Waals surface area (Å²) in [6, 6.07) is 5.68. The molecule has 1 aromatic carbocycles. The molecule has 0 amide bonds. The van der Waals surface area contributed by atoms with Crippen molar-refractivity contribution in [1.29, 1.82) is 0 Å². The maximum absolute atomic E-state index is 9.92. The van der Waals surface area contributed by atoms with Gasteiger partial charge in [-0.05, 0) is 26.0 Å². The molecule has 0 saturated heterocycles. The molecule has 1 heterocycles. The lowest BCUT2D eigenvalue weighted by Gasteiger charge is -2.37. The maximum Gasteiger partial charge on any atom is 0.129 e. The monoisotopic (exact) mass is 208 g/mol. The first-order valence-corrected chi connectivity index (χ1v) is 5.07. The van der Waals surface area contributed by atoms with Crippen LogP contribution < -0.4 is 9.47 Å². The number of aliphatic hydroxyl groups is 1. The van der Waals surface area contributed by atoms with E-state index in [2.05, 4.69) is 0 Å². The van der Waals surface area contributed by atoms with Crippen LogP contribution in [0.4, 0.5) is 0 Å². The Balaban J connectivity index is 2.44. The van der Waals surface area contributed by atoms with Crippen LogP contribution in [0.5, 0.6) is 11.5 Å². The van der Waals surface area contributed by atoms with Gasteiger partial charge in [0.1, 0.15) is 17.1 Å². The van der Waals surface area contributed by atoms with Gasteiger partial charge in [0.25, 0.3) is 0 Å². The van der Waals surface area contributed by atoms with E-state index in [1.54, 1.807) is 7.11 Å². The van der Waals surface area contributed by atoms with E-state index in [4.69, 9.17) is 9.47 Å². The molecule has 1 atom stereocenters. The number of hydrogen-bond acceptors (Lipinski definition) is 3. The Morgan fingerprint density at radius 2 is 2.20 bits per heavy atom. The molecule has 0 spiro atoms. The highest BCUT2D eigenvalue weighted by Gasteiger charge is 2.36. The van der Waals surface area contributed by atoms with Crippen LogP contribution in [-0.4, -0.2) is 23.9 Å². The smallest absolute Gasteiger partial charge is 0.129 e. The van der Waals surface area contributed by atoms with Gasteiger partial charge < -0.3 is 14.6 Å². The fourth-order valence-corrected chi connectivity index (χ4v) is 1.82. The molecule has 1 N–H and O–H groups in total. The van der Waals surface area contributed by atoms with Gasteiger partial charge in [-0.2, -0.15) is 0 Å². The zero-order chi connectivity index (χ0) is 11.1. The van der Waals surface area contributed by atoms with E-state index in [0.29, 0.717) is 6.42 Å². The summed E-state index contributed by atoms with van der Waals surface area (Å²) in [4.78, 5) is 0. The molecular formula is C12H16O3. The van der Waals surface area contributed by atoms with Crippen molar-refractivity contribution in [3.05, 3.63) is 23.8 Å². The summed E-state index contributed by atoms with van der Waals surface area (Å²) in [5, 5.41) is 9.92. The number of benzene rings is 1. The standard InChI is InChI=1S/C12H16O3/c1-12(2)11(13)7-8-9(14-3)5-4-6-10(8)15-12/h4-6,11,13H,7H2,1-3H3. The van der Waals surface area contributed by atoms with Crippen molar-refractivity contribution in [2.75, 3.05) is 7.11 Å². The molecule has 0 fully saturated rings. The lowest BCUT2D eigenvalue weighted by molar-refractivity contribution is -0.0416. The minimum Gasteiger partial charge on any atom is -0.496 e. The highest BCUT2D eigenvalue weighted by Crippen LogP contribution is 2.38. The quantitative estimate of drug-likeness (QED) is 0.764. The van der Waals surface area contributed by atoms with Gasteiger partial charge >= 0.3 is 0 Å². The molecule has 0 bridgehead atoms. The van der Waals surface area contributed by atoms with Crippen LogP contribution in [0.3, 0.4) is 0 Å². The average molecular weight is 208 g/mol. The topological polar surface area (TPSA) is 38.7 Å². The predicted octanol–water partition coefficient (Wildman–Crippen LogP) is 1.77. The van der Waals surface area contributed by atoms with Gasteiger partial charge in [0, 0.05) is 12.0 Å². The molecule has 15 heavy (non-hydrogen) atoms. The minimum absolute atomic E-state index is 0.499. The third-order valence-electron chi connectivity index (χ3n) is 2.88. The predicted molar refractivity (Wildman–Crippen MR) is 57.4 cm³/mol. The minimum atomic E-state index is -0.528. The molecule has 1 aliphatic heterocycles. The summed E-state index contributed by atoms with van der Waals surface area (Å²) in [5.74, 6) is 1.59. The molecule has 3 nitrogen and oxygen atoms in total. The number of aliphatic hydroxyl groups excluding tert-OH is 1. The Kier molecular flexibility index (Phi) is 2.35. The van der Waals surface area contributed by atoms with Gasteiger partial charge in [-0.15, -0.1) is 0 Å². The van der Waals surface area contributed by atoms with Gasteiger partial charge in [-0.25, -0.2) is 0 Å². The van der Waals surface area contributed by atoms with Crippen molar-refractivity contribution in [1.82, 2.24) is 0 Å². The number of methoxy groups -OCH3 is 1. The SMILES string of the molecule is COc1cccc2c1CC(O)C(C)(C)O2. The zero-order valence-corrected chi connectivity index (χ0v) is 9.28. The van der Waals surface area contributed by atoms with Crippen LogP contribution in [0.25, 0.3) is 0 Å². The van der Waals surface area contributed by atoms with Gasteiger partial charge in [-0.1, -0.05) is 6.07 Å².